The van der Waals surface area contributed by atoms with Crippen molar-refractivity contribution in [3.05, 3.63) is 183 Å². The molecule has 2 aromatic heterocycles. The standard InChI is InChI=1S/C41H31N3O5/c45-41(48-27-29-9-5-2-6-10-29)31-14-16-34(17-15-31)49-38-22-24-43-40-36(38)19-18-35-32(21-23-42-39(35)40)25-30-12-20-37(44(46)47)33(26-30)13-11-28-7-3-1-4-8-28/h1-10,12,14-24,26H,11,13,25,27H2. The van der Waals surface area contributed by atoms with Gasteiger partial charge in [0.2, 0.25) is 0 Å². The normalized spacial score (nSPS) is 11.0. The van der Waals surface area contributed by atoms with E-state index in [1.807, 2.05) is 91.0 Å². The van der Waals surface area contributed by atoms with E-state index in [9.17, 15) is 14.9 Å². The lowest BCUT2D eigenvalue weighted by Gasteiger charge is -2.12. The highest BCUT2D eigenvalue weighted by Gasteiger charge is 2.17. The molecule has 0 unspecified atom stereocenters. The van der Waals surface area contributed by atoms with Crippen molar-refractivity contribution in [2.24, 2.45) is 0 Å². The van der Waals surface area contributed by atoms with Crippen LogP contribution in [0.3, 0.4) is 0 Å². The minimum Gasteiger partial charge on any atom is -0.457 e. The van der Waals surface area contributed by atoms with Crippen molar-refractivity contribution in [3.8, 4) is 11.5 Å². The third kappa shape index (κ3) is 7.13. The summed E-state index contributed by atoms with van der Waals surface area (Å²) in [5.41, 5.74) is 6.81. The van der Waals surface area contributed by atoms with Gasteiger partial charge in [-0.2, -0.15) is 0 Å². The van der Waals surface area contributed by atoms with Gasteiger partial charge in [0.1, 0.15) is 23.6 Å². The van der Waals surface area contributed by atoms with Gasteiger partial charge in [-0.3, -0.25) is 20.1 Å². The summed E-state index contributed by atoms with van der Waals surface area (Å²) >= 11 is 0. The molecule has 0 aliphatic rings. The first-order valence-electron chi connectivity index (χ1n) is 16.0. The molecule has 0 amide bonds. The zero-order valence-electron chi connectivity index (χ0n) is 26.5. The molecule has 0 saturated heterocycles. The Kier molecular flexibility index (Phi) is 9.01. The average Bonchev–Trinajstić information content (AvgIpc) is 3.14. The predicted octanol–water partition coefficient (Wildman–Crippen LogP) is 9.22. The highest BCUT2D eigenvalue weighted by Crippen LogP contribution is 2.34. The van der Waals surface area contributed by atoms with Gasteiger partial charge in [-0.15, -0.1) is 0 Å². The molecule has 2 heterocycles. The predicted molar refractivity (Wildman–Crippen MR) is 189 cm³/mol. The van der Waals surface area contributed by atoms with Crippen LogP contribution in [0.4, 0.5) is 5.69 Å². The van der Waals surface area contributed by atoms with Gasteiger partial charge in [0.25, 0.3) is 5.69 Å². The van der Waals surface area contributed by atoms with Crippen molar-refractivity contribution >= 4 is 33.5 Å². The highest BCUT2D eigenvalue weighted by molar-refractivity contribution is 6.06. The van der Waals surface area contributed by atoms with Gasteiger partial charge in [0.15, 0.2) is 0 Å². The Balaban J connectivity index is 1.10. The fraction of sp³-hybridized carbons (Fsp3) is 0.0976. The molecular weight excluding hydrogens is 614 g/mol. The lowest BCUT2D eigenvalue weighted by atomic mass is 9.96. The van der Waals surface area contributed by atoms with E-state index < -0.39 is 5.97 Å². The van der Waals surface area contributed by atoms with Gasteiger partial charge in [0, 0.05) is 34.8 Å². The van der Waals surface area contributed by atoms with E-state index in [1.54, 1.807) is 48.8 Å². The molecule has 7 rings (SSSR count). The Labute approximate surface area is 282 Å². The molecule has 0 aliphatic heterocycles. The summed E-state index contributed by atoms with van der Waals surface area (Å²) in [5.74, 6) is 0.766. The number of nitro groups is 1. The lowest BCUT2D eigenvalue weighted by Crippen LogP contribution is -2.05. The van der Waals surface area contributed by atoms with Gasteiger partial charge in [0.05, 0.1) is 16.0 Å². The quantitative estimate of drug-likeness (QED) is 0.0598. The van der Waals surface area contributed by atoms with E-state index in [0.29, 0.717) is 35.4 Å². The molecule has 240 valence electrons. The molecule has 0 N–H and O–H groups in total. The Morgan fingerprint density at radius 3 is 2.06 bits per heavy atom. The number of pyridine rings is 2. The maximum atomic E-state index is 12.6. The van der Waals surface area contributed by atoms with E-state index >= 15 is 0 Å². The van der Waals surface area contributed by atoms with Crippen molar-refractivity contribution < 1.29 is 19.2 Å². The molecule has 0 aliphatic carbocycles. The SMILES string of the molecule is O=C(OCc1ccccc1)c1ccc(Oc2ccnc3c2ccc2c(Cc4ccc([N+](=O)[O-])c(CCc5ccccc5)c4)ccnc23)cc1. The van der Waals surface area contributed by atoms with E-state index in [2.05, 4.69) is 9.97 Å². The smallest absolute Gasteiger partial charge is 0.338 e. The molecule has 0 atom stereocenters. The number of aromatic nitrogens is 2. The number of ether oxygens (including phenoxy) is 2. The monoisotopic (exact) mass is 645 g/mol. The van der Waals surface area contributed by atoms with Crippen LogP contribution in [0.15, 0.2) is 140 Å². The topological polar surface area (TPSA) is 104 Å². The number of fused-ring (bicyclic) bond motifs is 3. The third-order valence-corrected chi connectivity index (χ3v) is 8.46. The van der Waals surface area contributed by atoms with Gasteiger partial charge >= 0.3 is 5.97 Å². The number of nitro benzene ring substituents is 1. The number of hydrogen-bond acceptors (Lipinski definition) is 7. The van der Waals surface area contributed by atoms with Gasteiger partial charge in [-0.05, 0) is 90.0 Å². The number of rotatable bonds is 11. The Morgan fingerprint density at radius 1 is 0.653 bits per heavy atom. The summed E-state index contributed by atoms with van der Waals surface area (Å²) in [5, 5.41) is 13.6. The minimum absolute atomic E-state index is 0.139. The van der Waals surface area contributed by atoms with Crippen LogP contribution in [-0.2, 0) is 30.6 Å². The number of carbonyl (C=O) groups excluding carboxylic acids is 1. The number of aryl methyl sites for hydroxylation is 2. The van der Waals surface area contributed by atoms with Crippen LogP contribution in [0, 0.1) is 10.1 Å². The van der Waals surface area contributed by atoms with E-state index in [-0.39, 0.29) is 17.2 Å². The van der Waals surface area contributed by atoms with Crippen molar-refractivity contribution in [1.29, 1.82) is 0 Å². The first-order valence-corrected chi connectivity index (χ1v) is 16.0. The molecule has 8 heteroatoms. The molecule has 0 fully saturated rings. The summed E-state index contributed by atoms with van der Waals surface area (Å²) in [7, 11) is 0. The summed E-state index contributed by atoms with van der Waals surface area (Å²) < 4.78 is 11.7. The second-order valence-electron chi connectivity index (χ2n) is 11.7. The summed E-state index contributed by atoms with van der Waals surface area (Å²) in [6, 6.07) is 39.5. The summed E-state index contributed by atoms with van der Waals surface area (Å²) in [4.78, 5) is 33.4. The second kappa shape index (κ2) is 14.1. The Bertz CT molecular complexity index is 2270. The van der Waals surface area contributed by atoms with Crippen LogP contribution in [0.5, 0.6) is 11.5 Å². The zero-order chi connectivity index (χ0) is 33.6. The average molecular weight is 646 g/mol. The molecule has 0 radical (unpaired) electrons. The van der Waals surface area contributed by atoms with Gasteiger partial charge < -0.3 is 9.47 Å². The molecule has 8 nitrogen and oxygen atoms in total. The third-order valence-electron chi connectivity index (χ3n) is 8.46. The molecule has 0 bridgehead atoms. The number of hydrogen-bond donors (Lipinski definition) is 0. The second-order valence-corrected chi connectivity index (χ2v) is 11.7. The van der Waals surface area contributed by atoms with Crippen LogP contribution in [0.1, 0.15) is 38.2 Å². The van der Waals surface area contributed by atoms with Crippen LogP contribution in [0.25, 0.3) is 21.8 Å². The van der Waals surface area contributed by atoms with Crippen molar-refractivity contribution in [3.63, 3.8) is 0 Å². The summed E-state index contributed by atoms with van der Waals surface area (Å²) in [6.07, 6.45) is 5.33. The van der Waals surface area contributed by atoms with Crippen LogP contribution < -0.4 is 4.74 Å². The lowest BCUT2D eigenvalue weighted by molar-refractivity contribution is -0.385. The van der Waals surface area contributed by atoms with Crippen LogP contribution in [-0.4, -0.2) is 20.9 Å². The van der Waals surface area contributed by atoms with Crippen molar-refractivity contribution in [2.75, 3.05) is 0 Å². The molecule has 0 saturated carbocycles. The first-order chi connectivity index (χ1) is 24.0. The first kappa shape index (κ1) is 31.2. The van der Waals surface area contributed by atoms with E-state index in [1.165, 1.54) is 0 Å². The minimum atomic E-state index is -0.407. The van der Waals surface area contributed by atoms with Crippen molar-refractivity contribution in [2.45, 2.75) is 25.9 Å². The maximum absolute atomic E-state index is 12.6. The van der Waals surface area contributed by atoms with Crippen LogP contribution in [0.2, 0.25) is 0 Å². The highest BCUT2D eigenvalue weighted by atomic mass is 16.6. The van der Waals surface area contributed by atoms with Gasteiger partial charge in [-0.1, -0.05) is 72.8 Å². The van der Waals surface area contributed by atoms with Gasteiger partial charge in [-0.25, -0.2) is 4.79 Å². The number of nitrogens with zero attached hydrogens (tertiary/aromatic N) is 3. The molecular formula is C41H31N3O5. The molecule has 5 aromatic carbocycles. The maximum Gasteiger partial charge on any atom is 0.338 e. The zero-order valence-corrected chi connectivity index (χ0v) is 26.5. The molecule has 49 heavy (non-hydrogen) atoms. The largest absolute Gasteiger partial charge is 0.457 e. The fourth-order valence-electron chi connectivity index (χ4n) is 5.97. The number of benzene rings is 5. The van der Waals surface area contributed by atoms with Crippen LogP contribution >= 0.6 is 0 Å². The van der Waals surface area contributed by atoms with E-state index in [4.69, 9.17) is 9.47 Å². The Hall–Kier alpha value is -6.41. The van der Waals surface area contributed by atoms with E-state index in [0.717, 1.165) is 50.5 Å². The number of carbonyl (C=O) groups is 1. The number of esters is 1. The molecule has 0 spiro atoms. The summed E-state index contributed by atoms with van der Waals surface area (Å²) in [6.45, 7) is 0.203. The molecule has 7 aromatic rings. The Morgan fingerprint density at radius 2 is 1.33 bits per heavy atom. The fourth-order valence-corrected chi connectivity index (χ4v) is 5.97. The van der Waals surface area contributed by atoms with Crippen molar-refractivity contribution in [1.82, 2.24) is 9.97 Å².